The van der Waals surface area contributed by atoms with Crippen molar-refractivity contribution in [3.05, 3.63) is 35.4 Å². The Bertz CT molecular complexity index is 455. The van der Waals surface area contributed by atoms with E-state index in [-0.39, 0.29) is 17.2 Å². The summed E-state index contributed by atoms with van der Waals surface area (Å²) in [5.74, 6) is -0.224. The van der Waals surface area contributed by atoms with Crippen LogP contribution in [0.2, 0.25) is 0 Å². The number of hydrogen-bond donors (Lipinski definition) is 2. The van der Waals surface area contributed by atoms with Crippen LogP contribution in [0, 0.1) is 11.3 Å². The fraction of sp³-hybridized carbons (Fsp3) is 0.231. The molecule has 0 saturated carbocycles. The van der Waals surface area contributed by atoms with Gasteiger partial charge in [-0.1, -0.05) is 19.1 Å². The summed E-state index contributed by atoms with van der Waals surface area (Å²) in [6.45, 7) is 2.49. The van der Waals surface area contributed by atoms with Crippen LogP contribution in [0.15, 0.2) is 29.8 Å². The van der Waals surface area contributed by atoms with Crippen LogP contribution < -0.4 is 5.32 Å². The van der Waals surface area contributed by atoms with Crippen molar-refractivity contribution in [3.8, 4) is 11.8 Å². The first-order valence-corrected chi connectivity index (χ1v) is 5.36. The lowest BCUT2D eigenvalue weighted by atomic mass is 10.1. The van der Waals surface area contributed by atoms with Gasteiger partial charge in [-0.15, -0.1) is 0 Å². The van der Waals surface area contributed by atoms with Gasteiger partial charge in [0.25, 0.3) is 5.91 Å². The van der Waals surface area contributed by atoms with Crippen molar-refractivity contribution in [2.45, 2.75) is 13.3 Å². The molecule has 88 valence electrons. The number of phenols is 1. The topological polar surface area (TPSA) is 73.1 Å². The molecule has 17 heavy (non-hydrogen) atoms. The van der Waals surface area contributed by atoms with E-state index in [0.29, 0.717) is 12.1 Å². The second-order valence-electron chi connectivity index (χ2n) is 3.52. The van der Waals surface area contributed by atoms with Crippen molar-refractivity contribution in [2.24, 2.45) is 0 Å². The van der Waals surface area contributed by atoms with E-state index in [1.807, 2.05) is 13.0 Å². The lowest BCUT2D eigenvalue weighted by molar-refractivity contribution is -0.117. The van der Waals surface area contributed by atoms with Crippen molar-refractivity contribution >= 4 is 12.0 Å². The van der Waals surface area contributed by atoms with E-state index in [1.54, 1.807) is 12.1 Å². The highest BCUT2D eigenvalue weighted by Gasteiger charge is 2.07. The third kappa shape index (κ3) is 3.99. The van der Waals surface area contributed by atoms with Crippen molar-refractivity contribution in [1.82, 2.24) is 5.32 Å². The molecule has 0 unspecified atom stereocenters. The van der Waals surface area contributed by atoms with Gasteiger partial charge in [0, 0.05) is 6.54 Å². The molecule has 2 N–H and O–H groups in total. The molecule has 0 heterocycles. The van der Waals surface area contributed by atoms with Gasteiger partial charge in [0.05, 0.1) is 0 Å². The number of carbonyl (C=O) groups excluding carboxylic acids is 1. The molecule has 0 aromatic heterocycles. The largest absolute Gasteiger partial charge is 0.508 e. The number of nitrogens with zero attached hydrogens (tertiary/aromatic N) is 1. The third-order valence-corrected chi connectivity index (χ3v) is 2.10. The Morgan fingerprint density at radius 3 is 2.65 bits per heavy atom. The maximum Gasteiger partial charge on any atom is 0.261 e. The van der Waals surface area contributed by atoms with Crippen LogP contribution >= 0.6 is 0 Å². The van der Waals surface area contributed by atoms with E-state index in [2.05, 4.69) is 5.32 Å². The maximum atomic E-state index is 11.6. The minimum Gasteiger partial charge on any atom is -0.508 e. The first kappa shape index (κ1) is 12.8. The van der Waals surface area contributed by atoms with Crippen molar-refractivity contribution in [2.75, 3.05) is 6.54 Å². The molecule has 4 heteroatoms. The van der Waals surface area contributed by atoms with Crippen LogP contribution in [0.25, 0.3) is 6.08 Å². The first-order chi connectivity index (χ1) is 8.17. The van der Waals surface area contributed by atoms with Crippen molar-refractivity contribution in [3.63, 3.8) is 0 Å². The molecule has 0 bridgehead atoms. The number of rotatable bonds is 4. The number of nitriles is 1. The van der Waals surface area contributed by atoms with Crippen molar-refractivity contribution < 1.29 is 9.90 Å². The van der Waals surface area contributed by atoms with Gasteiger partial charge in [0.2, 0.25) is 0 Å². The number of carbonyl (C=O) groups is 1. The highest BCUT2D eigenvalue weighted by molar-refractivity contribution is 6.01. The lowest BCUT2D eigenvalue weighted by Gasteiger charge is -2.01. The summed E-state index contributed by atoms with van der Waals surface area (Å²) in [5, 5.41) is 20.6. The number of nitrogens with one attached hydrogen (secondary N) is 1. The maximum absolute atomic E-state index is 11.6. The molecule has 1 amide bonds. The Morgan fingerprint density at radius 2 is 2.12 bits per heavy atom. The molecule has 1 rings (SSSR count). The molecule has 0 aliphatic carbocycles. The molecule has 0 atom stereocenters. The molecule has 0 spiro atoms. The van der Waals surface area contributed by atoms with E-state index in [9.17, 15) is 4.79 Å². The highest BCUT2D eigenvalue weighted by Crippen LogP contribution is 2.12. The number of hydrogen-bond acceptors (Lipinski definition) is 3. The summed E-state index contributed by atoms with van der Waals surface area (Å²) in [7, 11) is 0. The minimum absolute atomic E-state index is 0.0594. The van der Waals surface area contributed by atoms with E-state index in [4.69, 9.17) is 10.4 Å². The predicted molar refractivity (Wildman–Crippen MR) is 65.0 cm³/mol. The second kappa shape index (κ2) is 6.33. The normalized spacial score (nSPS) is 10.7. The van der Waals surface area contributed by atoms with E-state index in [0.717, 1.165) is 6.42 Å². The average Bonchev–Trinajstić information content (AvgIpc) is 2.35. The van der Waals surface area contributed by atoms with Gasteiger partial charge in [-0.25, -0.2) is 0 Å². The Hall–Kier alpha value is -2.28. The van der Waals surface area contributed by atoms with Gasteiger partial charge in [-0.2, -0.15) is 5.26 Å². The molecule has 0 radical (unpaired) electrons. The molecule has 1 aromatic rings. The Balaban J connectivity index is 2.83. The molecule has 0 fully saturated rings. The molecular weight excluding hydrogens is 216 g/mol. The second-order valence-corrected chi connectivity index (χ2v) is 3.52. The summed E-state index contributed by atoms with van der Waals surface area (Å²) in [6, 6.07) is 8.15. The molecule has 1 aromatic carbocycles. The molecule has 0 aliphatic heterocycles. The Morgan fingerprint density at radius 1 is 1.47 bits per heavy atom. The standard InChI is InChI=1S/C13H14N2O2/c1-2-7-15-13(17)11(9-14)8-10-3-5-12(16)6-4-10/h3-6,8,16H,2,7H2,1H3,(H,15,17)/b11-8+. The summed E-state index contributed by atoms with van der Waals surface area (Å²) in [6.07, 6.45) is 2.31. The lowest BCUT2D eigenvalue weighted by Crippen LogP contribution is -2.25. The number of amides is 1. The van der Waals surface area contributed by atoms with Crippen LogP contribution in [0.4, 0.5) is 0 Å². The summed E-state index contributed by atoms with van der Waals surface area (Å²) >= 11 is 0. The van der Waals surface area contributed by atoms with Crippen LogP contribution in [0.1, 0.15) is 18.9 Å². The van der Waals surface area contributed by atoms with Crippen LogP contribution in [0.5, 0.6) is 5.75 Å². The summed E-state index contributed by atoms with van der Waals surface area (Å²) in [4.78, 5) is 11.6. The SMILES string of the molecule is CCCNC(=O)/C(C#N)=C/c1ccc(O)cc1. The minimum atomic E-state index is -0.373. The smallest absolute Gasteiger partial charge is 0.261 e. The zero-order valence-electron chi connectivity index (χ0n) is 9.60. The van der Waals surface area contributed by atoms with Gasteiger partial charge >= 0.3 is 0 Å². The first-order valence-electron chi connectivity index (χ1n) is 5.36. The fourth-order valence-corrected chi connectivity index (χ4v) is 1.22. The van der Waals surface area contributed by atoms with Crippen LogP contribution in [0.3, 0.4) is 0 Å². The number of benzene rings is 1. The number of aromatic hydroxyl groups is 1. The molecule has 4 nitrogen and oxygen atoms in total. The van der Waals surface area contributed by atoms with Crippen LogP contribution in [-0.2, 0) is 4.79 Å². The fourth-order valence-electron chi connectivity index (χ4n) is 1.22. The van der Waals surface area contributed by atoms with Crippen LogP contribution in [-0.4, -0.2) is 17.6 Å². The van der Waals surface area contributed by atoms with Gasteiger partial charge in [0.15, 0.2) is 0 Å². The molecular formula is C13H14N2O2. The van der Waals surface area contributed by atoms with Crippen molar-refractivity contribution in [1.29, 1.82) is 5.26 Å². The predicted octanol–water partition coefficient (Wildman–Crippen LogP) is 1.83. The monoisotopic (exact) mass is 230 g/mol. The summed E-state index contributed by atoms with van der Waals surface area (Å²) < 4.78 is 0. The number of phenolic OH excluding ortho intramolecular Hbond substituents is 1. The van der Waals surface area contributed by atoms with Gasteiger partial charge in [0.1, 0.15) is 17.4 Å². The molecule has 0 saturated heterocycles. The highest BCUT2D eigenvalue weighted by atomic mass is 16.3. The van der Waals surface area contributed by atoms with E-state index < -0.39 is 0 Å². The summed E-state index contributed by atoms with van der Waals surface area (Å²) in [5.41, 5.74) is 0.759. The van der Waals surface area contributed by atoms with E-state index in [1.165, 1.54) is 18.2 Å². The third-order valence-electron chi connectivity index (χ3n) is 2.10. The van der Waals surface area contributed by atoms with Gasteiger partial charge in [-0.05, 0) is 30.2 Å². The van der Waals surface area contributed by atoms with E-state index >= 15 is 0 Å². The Kier molecular flexibility index (Phi) is 4.77. The molecule has 0 aliphatic rings. The zero-order chi connectivity index (χ0) is 12.7. The average molecular weight is 230 g/mol. The quantitative estimate of drug-likeness (QED) is 0.612. The Labute approximate surface area is 100 Å². The van der Waals surface area contributed by atoms with Gasteiger partial charge < -0.3 is 10.4 Å². The van der Waals surface area contributed by atoms with Gasteiger partial charge in [-0.3, -0.25) is 4.79 Å². The zero-order valence-corrected chi connectivity index (χ0v) is 9.60.